The molecule has 0 saturated heterocycles. The zero-order valence-electron chi connectivity index (χ0n) is 11.5. The number of rotatable bonds is 2. The van der Waals surface area contributed by atoms with E-state index in [4.69, 9.17) is 4.74 Å². The molecule has 1 aromatic carbocycles. The molecule has 22 heavy (non-hydrogen) atoms. The Balaban J connectivity index is 2.13. The Bertz CT molecular complexity index is 827. The van der Waals surface area contributed by atoms with Crippen LogP contribution in [-0.2, 0) is 10.0 Å². The van der Waals surface area contributed by atoms with Crippen LogP contribution in [0, 0.1) is 11.6 Å². The normalized spacial score (nSPS) is 17.8. The van der Waals surface area contributed by atoms with E-state index in [9.17, 15) is 17.2 Å². The van der Waals surface area contributed by atoms with E-state index in [1.54, 1.807) is 13.0 Å². The number of nitrogens with zero attached hydrogens (tertiary/aromatic N) is 2. The SMILES string of the molecule is C[C@H]1CN(S(=O)(=O)c2ccc(F)cc2F)c2cccnc2O1. The highest BCUT2D eigenvalue weighted by Gasteiger charge is 2.35. The first-order valence-electron chi connectivity index (χ1n) is 6.49. The standard InChI is InChI=1S/C14H12F2N2O3S/c1-9-8-18(12-3-2-6-17-14(12)21-9)22(19,20)13-5-4-10(15)7-11(13)16/h2-7,9H,8H2,1H3/t9-/m0/s1. The van der Waals surface area contributed by atoms with Crippen molar-refractivity contribution in [3.8, 4) is 5.88 Å². The minimum atomic E-state index is -4.18. The predicted octanol–water partition coefficient (Wildman–Crippen LogP) is 2.34. The van der Waals surface area contributed by atoms with Crippen LogP contribution in [0.25, 0.3) is 0 Å². The maximum Gasteiger partial charge on any atom is 0.267 e. The first-order valence-corrected chi connectivity index (χ1v) is 7.93. The Morgan fingerprint density at radius 2 is 2.09 bits per heavy atom. The molecule has 0 bridgehead atoms. The zero-order valence-corrected chi connectivity index (χ0v) is 12.3. The Kier molecular flexibility index (Phi) is 3.48. The van der Waals surface area contributed by atoms with E-state index >= 15 is 0 Å². The number of hydrogen-bond acceptors (Lipinski definition) is 4. The minimum Gasteiger partial charge on any atom is -0.471 e. The van der Waals surface area contributed by atoms with Crippen molar-refractivity contribution < 1.29 is 21.9 Å². The van der Waals surface area contributed by atoms with Gasteiger partial charge < -0.3 is 4.74 Å². The number of fused-ring (bicyclic) bond motifs is 1. The molecule has 0 fully saturated rings. The smallest absolute Gasteiger partial charge is 0.267 e. The average Bonchev–Trinajstić information content (AvgIpc) is 2.45. The fourth-order valence-electron chi connectivity index (χ4n) is 2.25. The molecule has 0 amide bonds. The van der Waals surface area contributed by atoms with Crippen LogP contribution < -0.4 is 9.04 Å². The average molecular weight is 326 g/mol. The maximum atomic E-state index is 13.9. The van der Waals surface area contributed by atoms with Crippen LogP contribution in [0.2, 0.25) is 0 Å². The Hall–Kier alpha value is -2.22. The molecular formula is C14H12F2N2O3S. The van der Waals surface area contributed by atoms with Crippen LogP contribution in [0.3, 0.4) is 0 Å². The Morgan fingerprint density at radius 1 is 1.32 bits per heavy atom. The van der Waals surface area contributed by atoms with E-state index in [2.05, 4.69) is 4.98 Å². The van der Waals surface area contributed by atoms with Crippen LogP contribution in [0.1, 0.15) is 6.92 Å². The Labute approximate surface area is 126 Å². The number of pyridine rings is 1. The van der Waals surface area contributed by atoms with Crippen LogP contribution in [-0.4, -0.2) is 26.1 Å². The molecule has 2 heterocycles. The number of hydrogen-bond donors (Lipinski definition) is 0. The van der Waals surface area contributed by atoms with Crippen molar-refractivity contribution in [1.82, 2.24) is 4.98 Å². The molecule has 1 aromatic heterocycles. The van der Waals surface area contributed by atoms with Crippen molar-refractivity contribution in [3.05, 3.63) is 48.2 Å². The second kappa shape index (κ2) is 5.20. The van der Waals surface area contributed by atoms with Gasteiger partial charge in [-0.3, -0.25) is 4.31 Å². The van der Waals surface area contributed by atoms with Gasteiger partial charge in [0.15, 0.2) is 0 Å². The summed E-state index contributed by atoms with van der Waals surface area (Å²) in [6, 6.07) is 5.44. The number of aromatic nitrogens is 1. The monoisotopic (exact) mass is 326 g/mol. The third-order valence-electron chi connectivity index (χ3n) is 3.22. The fourth-order valence-corrected chi connectivity index (χ4v) is 3.84. The van der Waals surface area contributed by atoms with Gasteiger partial charge in [-0.2, -0.15) is 0 Å². The van der Waals surface area contributed by atoms with Crippen molar-refractivity contribution >= 4 is 15.7 Å². The zero-order chi connectivity index (χ0) is 15.9. The van der Waals surface area contributed by atoms with Crippen LogP contribution in [0.4, 0.5) is 14.5 Å². The largest absolute Gasteiger partial charge is 0.471 e. The molecule has 0 unspecified atom stereocenters. The summed E-state index contributed by atoms with van der Waals surface area (Å²) in [5.41, 5.74) is 0.226. The van der Waals surface area contributed by atoms with E-state index in [1.165, 1.54) is 12.3 Å². The van der Waals surface area contributed by atoms with Gasteiger partial charge in [0.05, 0.1) is 6.54 Å². The second-order valence-corrected chi connectivity index (χ2v) is 6.70. The van der Waals surface area contributed by atoms with E-state index in [-0.39, 0.29) is 18.1 Å². The summed E-state index contributed by atoms with van der Waals surface area (Å²) >= 11 is 0. The van der Waals surface area contributed by atoms with Gasteiger partial charge >= 0.3 is 0 Å². The molecule has 1 aliphatic heterocycles. The minimum absolute atomic E-state index is 0.0117. The van der Waals surface area contributed by atoms with Gasteiger partial charge in [-0.05, 0) is 31.2 Å². The molecule has 0 aliphatic carbocycles. The van der Waals surface area contributed by atoms with Gasteiger partial charge in [0, 0.05) is 12.3 Å². The van der Waals surface area contributed by atoms with Gasteiger partial charge in [0.1, 0.15) is 28.3 Å². The first kappa shape index (κ1) is 14.7. The summed E-state index contributed by atoms with van der Waals surface area (Å²) in [5.74, 6) is -1.81. The highest BCUT2D eigenvalue weighted by Crippen LogP contribution is 2.35. The van der Waals surface area contributed by atoms with Gasteiger partial charge in [-0.15, -0.1) is 0 Å². The maximum absolute atomic E-state index is 13.9. The summed E-state index contributed by atoms with van der Waals surface area (Å²) in [6.07, 6.45) is 1.03. The topological polar surface area (TPSA) is 59.5 Å². The van der Waals surface area contributed by atoms with Crippen molar-refractivity contribution in [1.29, 1.82) is 0 Å². The predicted molar refractivity (Wildman–Crippen MR) is 75.2 cm³/mol. The lowest BCUT2D eigenvalue weighted by Gasteiger charge is -2.33. The number of anilines is 1. The summed E-state index contributed by atoms with van der Waals surface area (Å²) in [5, 5.41) is 0. The summed E-state index contributed by atoms with van der Waals surface area (Å²) in [7, 11) is -4.18. The molecule has 0 N–H and O–H groups in total. The van der Waals surface area contributed by atoms with Gasteiger partial charge in [0.25, 0.3) is 10.0 Å². The van der Waals surface area contributed by atoms with E-state index in [0.29, 0.717) is 6.07 Å². The van der Waals surface area contributed by atoms with Gasteiger partial charge in [-0.1, -0.05) is 0 Å². The second-order valence-electron chi connectivity index (χ2n) is 4.87. The van der Waals surface area contributed by atoms with Crippen molar-refractivity contribution in [3.63, 3.8) is 0 Å². The molecular weight excluding hydrogens is 314 g/mol. The van der Waals surface area contributed by atoms with Crippen LogP contribution >= 0.6 is 0 Å². The Morgan fingerprint density at radius 3 is 2.82 bits per heavy atom. The first-order chi connectivity index (χ1) is 10.4. The molecule has 3 rings (SSSR count). The summed E-state index contributed by atoms with van der Waals surface area (Å²) in [6.45, 7) is 1.69. The molecule has 116 valence electrons. The van der Waals surface area contributed by atoms with E-state index < -0.39 is 32.7 Å². The van der Waals surface area contributed by atoms with Crippen molar-refractivity contribution in [2.75, 3.05) is 10.8 Å². The van der Waals surface area contributed by atoms with Crippen molar-refractivity contribution in [2.24, 2.45) is 0 Å². The fraction of sp³-hybridized carbons (Fsp3) is 0.214. The highest BCUT2D eigenvalue weighted by molar-refractivity contribution is 7.92. The van der Waals surface area contributed by atoms with Crippen LogP contribution in [0.5, 0.6) is 5.88 Å². The molecule has 1 aliphatic rings. The molecule has 2 aromatic rings. The quantitative estimate of drug-likeness (QED) is 0.850. The summed E-state index contributed by atoms with van der Waals surface area (Å²) < 4.78 is 58.8. The lowest BCUT2D eigenvalue weighted by molar-refractivity contribution is 0.210. The van der Waals surface area contributed by atoms with Crippen LogP contribution in [0.15, 0.2) is 41.4 Å². The highest BCUT2D eigenvalue weighted by atomic mass is 32.2. The van der Waals surface area contributed by atoms with Crippen molar-refractivity contribution in [2.45, 2.75) is 17.9 Å². The third-order valence-corrected chi connectivity index (χ3v) is 5.03. The molecule has 0 radical (unpaired) electrons. The molecule has 8 heteroatoms. The third kappa shape index (κ3) is 2.39. The van der Waals surface area contributed by atoms with E-state index in [1.807, 2.05) is 0 Å². The number of ether oxygens (including phenoxy) is 1. The molecule has 0 saturated carbocycles. The lowest BCUT2D eigenvalue weighted by Crippen LogP contribution is -2.42. The molecule has 1 atom stereocenters. The molecule has 5 nitrogen and oxygen atoms in total. The van der Waals surface area contributed by atoms with E-state index in [0.717, 1.165) is 16.4 Å². The summed E-state index contributed by atoms with van der Waals surface area (Å²) in [4.78, 5) is 3.40. The van der Waals surface area contributed by atoms with Gasteiger partial charge in [-0.25, -0.2) is 22.2 Å². The van der Waals surface area contributed by atoms with Gasteiger partial charge in [0.2, 0.25) is 5.88 Å². The number of sulfonamides is 1. The number of halogens is 2. The lowest BCUT2D eigenvalue weighted by atomic mass is 10.3. The number of benzene rings is 1. The molecule has 0 spiro atoms.